The van der Waals surface area contributed by atoms with Gasteiger partial charge in [0.25, 0.3) is 0 Å². The van der Waals surface area contributed by atoms with Crippen molar-refractivity contribution in [1.82, 2.24) is 4.31 Å². The number of nitro benzene ring substituents is 1. The number of benzene rings is 2. The molecule has 8 nitrogen and oxygen atoms in total. The van der Waals surface area contributed by atoms with E-state index in [4.69, 9.17) is 4.74 Å². The van der Waals surface area contributed by atoms with Crippen molar-refractivity contribution in [1.29, 1.82) is 0 Å². The number of hydrogen-bond acceptors (Lipinski definition) is 6. The average molecular weight is 405 g/mol. The Labute approximate surface area is 164 Å². The zero-order valence-electron chi connectivity index (χ0n) is 15.7. The largest absolute Gasteiger partial charge is 0.487 e. The van der Waals surface area contributed by atoms with Crippen LogP contribution in [-0.2, 0) is 10.0 Å². The molecule has 0 unspecified atom stereocenters. The van der Waals surface area contributed by atoms with Crippen molar-refractivity contribution in [2.24, 2.45) is 0 Å². The first kappa shape index (κ1) is 20.1. The van der Waals surface area contributed by atoms with Crippen molar-refractivity contribution in [2.45, 2.75) is 18.2 Å². The lowest BCUT2D eigenvalue weighted by atomic mass is 10.2. The van der Waals surface area contributed by atoms with Crippen molar-refractivity contribution < 1.29 is 18.1 Å². The molecule has 2 aromatic carbocycles. The van der Waals surface area contributed by atoms with Gasteiger partial charge >= 0.3 is 5.69 Å². The molecule has 0 bridgehead atoms. The average Bonchev–Trinajstić information content (AvgIpc) is 2.95. The molecule has 0 radical (unpaired) electrons. The third-order valence-electron chi connectivity index (χ3n) is 4.64. The highest BCUT2D eigenvalue weighted by molar-refractivity contribution is 7.89. The first-order valence-corrected chi connectivity index (χ1v) is 10.6. The molecule has 0 spiro atoms. The van der Waals surface area contributed by atoms with Crippen LogP contribution in [0, 0.1) is 10.1 Å². The summed E-state index contributed by atoms with van der Waals surface area (Å²) < 4.78 is 32.6. The standard InChI is InChI=1S/C19H23N3O5S/c1-2-27-18-11-6-10-17(19(18)22(23)24)20-12-7-13-21(15-14-20)28(25,26)16-8-4-3-5-9-16/h3-6,8-11H,2,7,12-15H2,1H3. The molecule has 1 aliphatic rings. The van der Waals surface area contributed by atoms with Gasteiger partial charge in [0.2, 0.25) is 10.0 Å². The maximum absolute atomic E-state index is 12.9. The van der Waals surface area contributed by atoms with Crippen LogP contribution in [0.5, 0.6) is 5.75 Å². The summed E-state index contributed by atoms with van der Waals surface area (Å²) in [5.74, 6) is 0.225. The molecule has 150 valence electrons. The predicted molar refractivity (Wildman–Crippen MR) is 106 cm³/mol. The topological polar surface area (TPSA) is 93.0 Å². The summed E-state index contributed by atoms with van der Waals surface area (Å²) in [6, 6.07) is 13.3. The second kappa shape index (κ2) is 8.57. The van der Waals surface area contributed by atoms with E-state index in [1.807, 2.05) is 4.90 Å². The molecule has 0 atom stereocenters. The van der Waals surface area contributed by atoms with Crippen LogP contribution in [0.1, 0.15) is 13.3 Å². The molecule has 1 saturated heterocycles. The second-order valence-corrected chi connectivity index (χ2v) is 8.31. The summed E-state index contributed by atoms with van der Waals surface area (Å²) >= 11 is 0. The predicted octanol–water partition coefficient (Wildman–Crippen LogP) is 2.89. The van der Waals surface area contributed by atoms with Crippen LogP contribution in [0.4, 0.5) is 11.4 Å². The van der Waals surface area contributed by atoms with Gasteiger partial charge in [0.15, 0.2) is 5.75 Å². The Morgan fingerprint density at radius 1 is 1.04 bits per heavy atom. The van der Waals surface area contributed by atoms with Gasteiger partial charge in [-0.1, -0.05) is 24.3 Å². The first-order valence-electron chi connectivity index (χ1n) is 9.15. The zero-order valence-corrected chi connectivity index (χ0v) is 16.5. The lowest BCUT2D eigenvalue weighted by molar-refractivity contribution is -0.385. The Morgan fingerprint density at radius 3 is 2.46 bits per heavy atom. The van der Waals surface area contributed by atoms with Gasteiger partial charge in [-0.25, -0.2) is 8.42 Å². The van der Waals surface area contributed by atoms with Crippen molar-refractivity contribution in [3.05, 3.63) is 58.6 Å². The summed E-state index contributed by atoms with van der Waals surface area (Å²) in [4.78, 5) is 13.3. The molecule has 1 fully saturated rings. The van der Waals surface area contributed by atoms with E-state index in [0.717, 1.165) is 0 Å². The van der Waals surface area contributed by atoms with Gasteiger partial charge in [-0.15, -0.1) is 0 Å². The highest BCUT2D eigenvalue weighted by Crippen LogP contribution is 2.37. The fourth-order valence-corrected chi connectivity index (χ4v) is 4.83. The molecule has 0 amide bonds. The van der Waals surface area contributed by atoms with Gasteiger partial charge in [-0.2, -0.15) is 4.31 Å². The summed E-state index contributed by atoms with van der Waals surface area (Å²) in [6.45, 7) is 3.61. The molecule has 2 aromatic rings. The van der Waals surface area contributed by atoms with Crippen LogP contribution in [-0.4, -0.2) is 50.4 Å². The number of nitrogens with zero attached hydrogens (tertiary/aromatic N) is 3. The highest BCUT2D eigenvalue weighted by Gasteiger charge is 2.30. The Kier molecular flexibility index (Phi) is 6.15. The molecule has 0 N–H and O–H groups in total. The molecular weight excluding hydrogens is 382 g/mol. The van der Waals surface area contributed by atoms with E-state index in [2.05, 4.69) is 0 Å². The summed E-state index contributed by atoms with van der Waals surface area (Å²) in [6.07, 6.45) is 0.572. The van der Waals surface area contributed by atoms with Crippen LogP contribution in [0.3, 0.4) is 0 Å². The van der Waals surface area contributed by atoms with Crippen molar-refractivity contribution in [2.75, 3.05) is 37.7 Å². The van der Waals surface area contributed by atoms with Crippen molar-refractivity contribution in [3.8, 4) is 5.75 Å². The Bertz CT molecular complexity index is 934. The van der Waals surface area contributed by atoms with E-state index >= 15 is 0 Å². The van der Waals surface area contributed by atoms with Crippen LogP contribution >= 0.6 is 0 Å². The summed E-state index contributed by atoms with van der Waals surface area (Å²) in [7, 11) is -3.59. The second-order valence-electron chi connectivity index (χ2n) is 6.37. The van der Waals surface area contributed by atoms with Gasteiger partial charge in [-0.3, -0.25) is 10.1 Å². The van der Waals surface area contributed by atoms with E-state index in [1.54, 1.807) is 55.5 Å². The van der Waals surface area contributed by atoms with E-state index in [0.29, 0.717) is 38.3 Å². The number of para-hydroxylation sites is 1. The summed E-state index contributed by atoms with van der Waals surface area (Å²) in [5.41, 5.74) is 0.374. The Morgan fingerprint density at radius 2 is 1.79 bits per heavy atom. The fraction of sp³-hybridized carbons (Fsp3) is 0.368. The van der Waals surface area contributed by atoms with Gasteiger partial charge in [0.05, 0.1) is 16.4 Å². The van der Waals surface area contributed by atoms with Crippen molar-refractivity contribution >= 4 is 21.4 Å². The van der Waals surface area contributed by atoms with Gasteiger partial charge in [-0.05, 0) is 37.6 Å². The molecule has 28 heavy (non-hydrogen) atoms. The normalized spacial score (nSPS) is 15.8. The molecule has 1 heterocycles. The van der Waals surface area contributed by atoms with Crippen LogP contribution in [0.15, 0.2) is 53.4 Å². The maximum atomic E-state index is 12.9. The fourth-order valence-electron chi connectivity index (χ4n) is 3.34. The third kappa shape index (κ3) is 4.10. The summed E-state index contributed by atoms with van der Waals surface area (Å²) in [5, 5.41) is 11.6. The number of nitro groups is 1. The number of ether oxygens (including phenoxy) is 1. The minimum absolute atomic E-state index is 0.0799. The van der Waals surface area contributed by atoms with E-state index in [1.165, 1.54) is 4.31 Å². The SMILES string of the molecule is CCOc1cccc(N2CCCN(S(=O)(=O)c3ccccc3)CC2)c1[N+](=O)[O-]. The Hall–Kier alpha value is -2.65. The number of hydrogen-bond donors (Lipinski definition) is 0. The quantitative estimate of drug-likeness (QED) is 0.542. The molecule has 1 aliphatic heterocycles. The van der Waals surface area contributed by atoms with Gasteiger partial charge < -0.3 is 9.64 Å². The third-order valence-corrected chi connectivity index (χ3v) is 6.55. The first-order chi connectivity index (χ1) is 13.4. The minimum Gasteiger partial charge on any atom is -0.487 e. The minimum atomic E-state index is -3.59. The maximum Gasteiger partial charge on any atom is 0.333 e. The lowest BCUT2D eigenvalue weighted by Gasteiger charge is -2.24. The smallest absolute Gasteiger partial charge is 0.333 e. The van der Waals surface area contributed by atoms with Crippen LogP contribution in [0.2, 0.25) is 0 Å². The van der Waals surface area contributed by atoms with Crippen LogP contribution < -0.4 is 9.64 Å². The Balaban J connectivity index is 1.85. The highest BCUT2D eigenvalue weighted by atomic mass is 32.2. The molecule has 9 heteroatoms. The number of sulfonamides is 1. The van der Waals surface area contributed by atoms with Crippen LogP contribution in [0.25, 0.3) is 0 Å². The van der Waals surface area contributed by atoms with Gasteiger partial charge in [0.1, 0.15) is 5.69 Å². The van der Waals surface area contributed by atoms with Gasteiger partial charge in [0, 0.05) is 26.2 Å². The van der Waals surface area contributed by atoms with Crippen molar-refractivity contribution in [3.63, 3.8) is 0 Å². The molecule has 0 aromatic heterocycles. The number of anilines is 1. The monoisotopic (exact) mass is 405 g/mol. The van der Waals surface area contributed by atoms with E-state index in [9.17, 15) is 18.5 Å². The molecule has 0 aliphatic carbocycles. The zero-order chi connectivity index (χ0) is 20.1. The molecule has 3 rings (SSSR count). The number of rotatable bonds is 6. The van der Waals surface area contributed by atoms with E-state index < -0.39 is 14.9 Å². The lowest BCUT2D eigenvalue weighted by Crippen LogP contribution is -2.35. The van der Waals surface area contributed by atoms with E-state index in [-0.39, 0.29) is 22.9 Å². The molecular formula is C19H23N3O5S. The molecule has 0 saturated carbocycles.